The first-order chi connectivity index (χ1) is 14.0. The first kappa shape index (κ1) is 21.0. The number of benzene rings is 3. The number of halogens is 1. The van der Waals surface area contributed by atoms with Gasteiger partial charge in [-0.3, -0.25) is 0 Å². The highest BCUT2D eigenvalue weighted by Crippen LogP contribution is 2.32. The lowest BCUT2D eigenvalue weighted by Crippen LogP contribution is -2.09. The standard InChI is InChI=1S/C24H21ClO3S/c1-17-7-5-6-10-20(17)21(18-8-3-2-4-9-18)13-14-29-19-11-12-23(22(25)15-19)28-16-24(26)27/h2-13,15H,14,16H2,1H3,(H,26,27). The zero-order chi connectivity index (χ0) is 20.6. The summed E-state index contributed by atoms with van der Waals surface area (Å²) in [5.74, 6) is 0.109. The molecule has 3 aromatic carbocycles. The van der Waals surface area contributed by atoms with Crippen molar-refractivity contribution in [2.24, 2.45) is 0 Å². The summed E-state index contributed by atoms with van der Waals surface area (Å²) < 4.78 is 5.17. The Morgan fingerprint density at radius 2 is 1.79 bits per heavy atom. The fourth-order valence-electron chi connectivity index (χ4n) is 2.93. The fourth-order valence-corrected chi connectivity index (χ4v) is 4.03. The maximum atomic E-state index is 10.6. The smallest absolute Gasteiger partial charge is 0.341 e. The quantitative estimate of drug-likeness (QED) is 0.429. The monoisotopic (exact) mass is 424 g/mol. The largest absolute Gasteiger partial charge is 0.480 e. The van der Waals surface area contributed by atoms with Crippen molar-refractivity contribution in [1.82, 2.24) is 0 Å². The molecule has 0 amide bonds. The van der Waals surface area contributed by atoms with Gasteiger partial charge in [-0.2, -0.15) is 0 Å². The van der Waals surface area contributed by atoms with Gasteiger partial charge in [0.25, 0.3) is 0 Å². The van der Waals surface area contributed by atoms with Crippen LogP contribution in [-0.4, -0.2) is 23.4 Å². The molecule has 0 unspecified atom stereocenters. The summed E-state index contributed by atoms with van der Waals surface area (Å²) in [5.41, 5.74) is 4.83. The maximum absolute atomic E-state index is 10.6. The van der Waals surface area contributed by atoms with Crippen LogP contribution in [0.3, 0.4) is 0 Å². The zero-order valence-electron chi connectivity index (χ0n) is 16.0. The molecule has 0 heterocycles. The van der Waals surface area contributed by atoms with E-state index in [4.69, 9.17) is 21.4 Å². The molecular formula is C24H21ClO3S. The number of carboxylic acid groups (broad SMARTS) is 1. The van der Waals surface area contributed by atoms with Gasteiger partial charge in [-0.05, 0) is 47.4 Å². The fraction of sp³-hybridized carbons (Fsp3) is 0.125. The Morgan fingerprint density at radius 3 is 2.48 bits per heavy atom. The van der Waals surface area contributed by atoms with Gasteiger partial charge in [-0.25, -0.2) is 4.79 Å². The molecular weight excluding hydrogens is 404 g/mol. The molecule has 0 bridgehead atoms. The molecule has 0 atom stereocenters. The number of hydrogen-bond acceptors (Lipinski definition) is 3. The SMILES string of the molecule is Cc1ccccc1C(=CCSc1ccc(OCC(=O)O)c(Cl)c1)c1ccccc1. The molecule has 3 nitrogen and oxygen atoms in total. The number of carbonyl (C=O) groups is 1. The summed E-state index contributed by atoms with van der Waals surface area (Å²) in [4.78, 5) is 11.6. The van der Waals surface area contributed by atoms with E-state index in [0.717, 1.165) is 10.6 Å². The normalized spacial score (nSPS) is 11.3. The van der Waals surface area contributed by atoms with Crippen molar-refractivity contribution >= 4 is 34.9 Å². The van der Waals surface area contributed by atoms with E-state index in [-0.39, 0.29) is 0 Å². The molecule has 148 valence electrons. The third-order valence-corrected chi connectivity index (χ3v) is 5.53. The average molecular weight is 425 g/mol. The summed E-state index contributed by atoms with van der Waals surface area (Å²) >= 11 is 7.88. The summed E-state index contributed by atoms with van der Waals surface area (Å²) in [7, 11) is 0. The number of ether oxygens (including phenoxy) is 1. The molecule has 0 spiro atoms. The van der Waals surface area contributed by atoms with Gasteiger partial charge < -0.3 is 9.84 Å². The lowest BCUT2D eigenvalue weighted by atomic mass is 9.94. The summed E-state index contributed by atoms with van der Waals surface area (Å²) in [6, 6.07) is 24.1. The number of hydrogen-bond donors (Lipinski definition) is 1. The van der Waals surface area contributed by atoms with Crippen molar-refractivity contribution < 1.29 is 14.6 Å². The van der Waals surface area contributed by atoms with E-state index in [1.807, 2.05) is 30.3 Å². The van der Waals surface area contributed by atoms with Crippen LogP contribution in [0, 0.1) is 6.92 Å². The minimum absolute atomic E-state index is 0.374. The summed E-state index contributed by atoms with van der Waals surface area (Å²) in [5, 5.41) is 9.12. The van der Waals surface area contributed by atoms with Gasteiger partial charge in [0.05, 0.1) is 5.02 Å². The molecule has 3 rings (SSSR count). The van der Waals surface area contributed by atoms with Crippen molar-refractivity contribution in [3.05, 3.63) is 101 Å². The lowest BCUT2D eigenvalue weighted by Gasteiger charge is -2.12. The van der Waals surface area contributed by atoms with Crippen LogP contribution in [-0.2, 0) is 4.79 Å². The zero-order valence-corrected chi connectivity index (χ0v) is 17.5. The summed E-state index contributed by atoms with van der Waals surface area (Å²) in [6.07, 6.45) is 2.23. The molecule has 0 aliphatic heterocycles. The number of carboxylic acids is 1. The van der Waals surface area contributed by atoms with E-state index < -0.39 is 12.6 Å². The molecule has 0 aliphatic rings. The Labute approximate surface area is 180 Å². The van der Waals surface area contributed by atoms with Crippen LogP contribution in [0.4, 0.5) is 0 Å². The highest BCUT2D eigenvalue weighted by molar-refractivity contribution is 7.99. The molecule has 0 saturated heterocycles. The molecule has 0 aliphatic carbocycles. The number of aliphatic carboxylic acids is 1. The highest BCUT2D eigenvalue weighted by atomic mass is 35.5. The second kappa shape index (κ2) is 10.2. The minimum atomic E-state index is -1.03. The third-order valence-electron chi connectivity index (χ3n) is 4.31. The van der Waals surface area contributed by atoms with E-state index >= 15 is 0 Å². The van der Waals surface area contributed by atoms with Crippen molar-refractivity contribution in [3.8, 4) is 5.75 Å². The van der Waals surface area contributed by atoms with Crippen molar-refractivity contribution in [1.29, 1.82) is 0 Å². The van der Waals surface area contributed by atoms with Gasteiger partial charge in [0, 0.05) is 10.6 Å². The predicted octanol–water partition coefficient (Wildman–Crippen LogP) is 6.34. The van der Waals surface area contributed by atoms with Crippen molar-refractivity contribution in [2.75, 3.05) is 12.4 Å². The Kier molecular flexibility index (Phi) is 7.39. The average Bonchev–Trinajstić information content (AvgIpc) is 2.72. The van der Waals surface area contributed by atoms with Gasteiger partial charge in [-0.15, -0.1) is 11.8 Å². The van der Waals surface area contributed by atoms with E-state index in [1.54, 1.807) is 23.9 Å². The number of aryl methyl sites for hydroxylation is 1. The van der Waals surface area contributed by atoms with E-state index in [2.05, 4.69) is 43.3 Å². The topological polar surface area (TPSA) is 46.5 Å². The van der Waals surface area contributed by atoms with Gasteiger partial charge in [-0.1, -0.05) is 72.3 Å². The van der Waals surface area contributed by atoms with E-state index in [0.29, 0.717) is 10.8 Å². The minimum Gasteiger partial charge on any atom is -0.480 e. The second-order valence-electron chi connectivity index (χ2n) is 6.38. The molecule has 3 aromatic rings. The van der Waals surface area contributed by atoms with Crippen molar-refractivity contribution in [3.63, 3.8) is 0 Å². The highest BCUT2D eigenvalue weighted by Gasteiger charge is 2.08. The molecule has 29 heavy (non-hydrogen) atoms. The molecule has 0 saturated carbocycles. The lowest BCUT2D eigenvalue weighted by molar-refractivity contribution is -0.139. The molecule has 0 radical (unpaired) electrons. The van der Waals surface area contributed by atoms with Gasteiger partial charge in [0.1, 0.15) is 5.75 Å². The van der Waals surface area contributed by atoms with E-state index in [9.17, 15) is 4.79 Å². The predicted molar refractivity (Wildman–Crippen MR) is 120 cm³/mol. The number of thioether (sulfide) groups is 1. The van der Waals surface area contributed by atoms with Crippen molar-refractivity contribution in [2.45, 2.75) is 11.8 Å². The first-order valence-electron chi connectivity index (χ1n) is 9.13. The Hall–Kier alpha value is -2.69. The Balaban J connectivity index is 1.78. The van der Waals surface area contributed by atoms with Gasteiger partial charge in [0.15, 0.2) is 6.61 Å². The first-order valence-corrected chi connectivity index (χ1v) is 10.5. The Morgan fingerprint density at radius 1 is 1.07 bits per heavy atom. The van der Waals surface area contributed by atoms with Crippen LogP contribution in [0.15, 0.2) is 83.8 Å². The molecule has 5 heteroatoms. The third kappa shape index (κ3) is 5.89. The van der Waals surface area contributed by atoms with Crippen LogP contribution in [0.1, 0.15) is 16.7 Å². The van der Waals surface area contributed by atoms with Crippen LogP contribution < -0.4 is 4.74 Å². The molecule has 0 fully saturated rings. The van der Waals surface area contributed by atoms with Gasteiger partial charge in [0.2, 0.25) is 0 Å². The molecule has 1 N–H and O–H groups in total. The van der Waals surface area contributed by atoms with Crippen LogP contribution in [0.25, 0.3) is 5.57 Å². The van der Waals surface area contributed by atoms with Crippen LogP contribution in [0.2, 0.25) is 5.02 Å². The van der Waals surface area contributed by atoms with E-state index in [1.165, 1.54) is 22.3 Å². The van der Waals surface area contributed by atoms with Crippen LogP contribution in [0.5, 0.6) is 5.75 Å². The molecule has 0 aromatic heterocycles. The summed E-state index contributed by atoms with van der Waals surface area (Å²) in [6.45, 7) is 1.71. The van der Waals surface area contributed by atoms with Gasteiger partial charge >= 0.3 is 5.97 Å². The number of rotatable bonds is 8. The van der Waals surface area contributed by atoms with Crippen LogP contribution >= 0.6 is 23.4 Å². The Bertz CT molecular complexity index is 1020. The second-order valence-corrected chi connectivity index (χ2v) is 7.89. The maximum Gasteiger partial charge on any atom is 0.341 e.